The Morgan fingerprint density at radius 2 is 2.00 bits per heavy atom. The van der Waals surface area contributed by atoms with Crippen LogP contribution in [0.4, 0.5) is 0 Å². The summed E-state index contributed by atoms with van der Waals surface area (Å²) in [6, 6.07) is 7.26. The number of nitrogens with zero attached hydrogens (tertiary/aromatic N) is 2. The maximum Gasteiger partial charge on any atom is 0.331 e. The first-order chi connectivity index (χ1) is 10.6. The number of amidine groups is 1. The first kappa shape index (κ1) is 15.8. The Balaban J connectivity index is 2.01. The van der Waals surface area contributed by atoms with Gasteiger partial charge in [-0.2, -0.15) is 5.10 Å². The molecule has 1 N–H and O–H groups in total. The molecular formula is C14H13N3O4S. The topological polar surface area (TPSA) is 89.3 Å². The Labute approximate surface area is 131 Å². The largest absolute Gasteiger partial charge is 0.497 e. The summed E-state index contributed by atoms with van der Waals surface area (Å²) in [6.07, 6.45) is 2.65. The summed E-state index contributed by atoms with van der Waals surface area (Å²) >= 11 is 1.02. The number of hydrogen-bond acceptors (Lipinski definition) is 7. The predicted molar refractivity (Wildman–Crippen MR) is 83.9 cm³/mol. The SMILES string of the molecule is COC(=O)/C=C1\S/C(=N/N=C/c2ccc(OC)cc2)NC1=O. The Morgan fingerprint density at radius 1 is 1.27 bits per heavy atom. The second-order valence-electron chi connectivity index (χ2n) is 4.01. The Hall–Kier alpha value is -2.61. The van der Waals surface area contributed by atoms with Crippen LogP contribution in [0.5, 0.6) is 5.75 Å². The van der Waals surface area contributed by atoms with Crippen molar-refractivity contribution < 1.29 is 19.1 Å². The Morgan fingerprint density at radius 3 is 2.64 bits per heavy atom. The molecule has 8 heteroatoms. The van der Waals surface area contributed by atoms with Gasteiger partial charge in [-0.1, -0.05) is 0 Å². The molecule has 1 aliphatic rings. The van der Waals surface area contributed by atoms with Crippen molar-refractivity contribution in [2.24, 2.45) is 10.2 Å². The fourth-order valence-electron chi connectivity index (χ4n) is 1.48. The minimum Gasteiger partial charge on any atom is -0.497 e. The minimum atomic E-state index is -0.597. The van der Waals surface area contributed by atoms with Crippen LogP contribution in [0.3, 0.4) is 0 Å². The van der Waals surface area contributed by atoms with E-state index in [-0.39, 0.29) is 4.91 Å². The van der Waals surface area contributed by atoms with Gasteiger partial charge in [-0.25, -0.2) is 4.79 Å². The summed E-state index contributed by atoms with van der Waals surface area (Å²) < 4.78 is 9.52. The lowest BCUT2D eigenvalue weighted by Gasteiger charge is -1.97. The van der Waals surface area contributed by atoms with Crippen LogP contribution >= 0.6 is 11.8 Å². The van der Waals surface area contributed by atoms with Gasteiger partial charge in [0.05, 0.1) is 25.3 Å². The van der Waals surface area contributed by atoms with Crippen LogP contribution in [0.2, 0.25) is 0 Å². The third-order valence-electron chi connectivity index (χ3n) is 2.57. The number of esters is 1. The number of rotatable bonds is 4. The average Bonchev–Trinajstić information content (AvgIpc) is 2.87. The van der Waals surface area contributed by atoms with E-state index in [4.69, 9.17) is 4.74 Å². The summed E-state index contributed by atoms with van der Waals surface area (Å²) in [5.41, 5.74) is 0.838. The zero-order valence-electron chi connectivity index (χ0n) is 11.9. The maximum atomic E-state index is 11.6. The summed E-state index contributed by atoms with van der Waals surface area (Å²) in [5, 5.41) is 10.6. The standard InChI is InChI=1S/C14H13N3O4S/c1-20-10-5-3-9(4-6-10)8-15-17-14-16-13(19)11(22-14)7-12(18)21-2/h3-8H,1-2H3,(H,16,17,19)/b11-7-,15-8+. The molecule has 0 radical (unpaired) electrons. The third kappa shape index (κ3) is 4.19. The molecule has 0 spiro atoms. The van der Waals surface area contributed by atoms with E-state index in [0.717, 1.165) is 29.2 Å². The van der Waals surface area contributed by atoms with Gasteiger partial charge in [0, 0.05) is 6.08 Å². The van der Waals surface area contributed by atoms with Gasteiger partial charge in [-0.15, -0.1) is 5.10 Å². The van der Waals surface area contributed by atoms with Crippen molar-refractivity contribution in [3.8, 4) is 5.75 Å². The van der Waals surface area contributed by atoms with Gasteiger partial charge in [0.25, 0.3) is 5.91 Å². The van der Waals surface area contributed by atoms with Gasteiger partial charge in [0.1, 0.15) is 5.75 Å². The molecule has 7 nitrogen and oxygen atoms in total. The number of methoxy groups -OCH3 is 2. The smallest absolute Gasteiger partial charge is 0.331 e. The normalized spacial score (nSPS) is 18.0. The second kappa shape index (κ2) is 7.41. The lowest BCUT2D eigenvalue weighted by Crippen LogP contribution is -2.19. The second-order valence-corrected chi connectivity index (χ2v) is 5.04. The van der Waals surface area contributed by atoms with Crippen LogP contribution in [-0.4, -0.2) is 37.5 Å². The Bertz CT molecular complexity index is 665. The number of thioether (sulfide) groups is 1. The maximum absolute atomic E-state index is 11.6. The molecule has 0 atom stereocenters. The van der Waals surface area contributed by atoms with Crippen LogP contribution in [0, 0.1) is 0 Å². The van der Waals surface area contributed by atoms with E-state index in [1.807, 2.05) is 12.1 Å². The van der Waals surface area contributed by atoms with Crippen molar-refractivity contribution in [2.75, 3.05) is 14.2 Å². The average molecular weight is 319 g/mol. The van der Waals surface area contributed by atoms with E-state index in [1.165, 1.54) is 7.11 Å². The summed E-state index contributed by atoms with van der Waals surface area (Å²) in [7, 11) is 2.83. The van der Waals surface area contributed by atoms with Crippen molar-refractivity contribution in [2.45, 2.75) is 0 Å². The van der Waals surface area contributed by atoms with Crippen molar-refractivity contribution >= 4 is 35.0 Å². The van der Waals surface area contributed by atoms with Crippen LogP contribution in [-0.2, 0) is 14.3 Å². The van der Waals surface area contributed by atoms with E-state index in [2.05, 4.69) is 20.3 Å². The lowest BCUT2D eigenvalue weighted by atomic mass is 10.2. The van der Waals surface area contributed by atoms with E-state index >= 15 is 0 Å². The van der Waals surface area contributed by atoms with E-state index in [1.54, 1.807) is 25.5 Å². The van der Waals surface area contributed by atoms with Crippen LogP contribution < -0.4 is 10.1 Å². The molecule has 0 unspecified atom stereocenters. The molecule has 1 aliphatic heterocycles. The van der Waals surface area contributed by atoms with Gasteiger partial charge in [0.15, 0.2) is 5.17 Å². The molecule has 1 saturated heterocycles. The van der Waals surface area contributed by atoms with Crippen molar-refractivity contribution in [1.29, 1.82) is 0 Å². The zero-order valence-corrected chi connectivity index (χ0v) is 12.7. The van der Waals surface area contributed by atoms with Gasteiger partial charge in [-0.3, -0.25) is 10.1 Å². The molecule has 0 aliphatic carbocycles. The molecule has 1 aromatic rings. The number of carbonyl (C=O) groups excluding carboxylic acids is 2. The Kier molecular flexibility index (Phi) is 5.31. The van der Waals surface area contributed by atoms with E-state index in [0.29, 0.717) is 5.17 Å². The number of nitrogens with one attached hydrogen (secondary N) is 1. The highest BCUT2D eigenvalue weighted by molar-refractivity contribution is 8.18. The number of benzene rings is 1. The number of carbonyl (C=O) groups is 2. The first-order valence-corrected chi connectivity index (χ1v) is 6.98. The molecule has 1 amide bonds. The van der Waals surface area contributed by atoms with Gasteiger partial charge in [0.2, 0.25) is 0 Å². The van der Waals surface area contributed by atoms with E-state index < -0.39 is 11.9 Å². The molecule has 22 heavy (non-hydrogen) atoms. The minimum absolute atomic E-state index is 0.213. The lowest BCUT2D eigenvalue weighted by molar-refractivity contribution is -0.135. The first-order valence-electron chi connectivity index (χ1n) is 6.16. The molecule has 2 rings (SSSR count). The third-order valence-corrected chi connectivity index (χ3v) is 3.47. The van der Waals surface area contributed by atoms with Gasteiger partial charge >= 0.3 is 5.97 Å². The van der Waals surface area contributed by atoms with Gasteiger partial charge in [-0.05, 0) is 41.6 Å². The molecule has 114 valence electrons. The molecule has 1 heterocycles. The molecule has 0 saturated carbocycles. The van der Waals surface area contributed by atoms with Gasteiger partial charge < -0.3 is 9.47 Å². The molecule has 1 fully saturated rings. The van der Waals surface area contributed by atoms with Crippen molar-refractivity contribution in [3.05, 3.63) is 40.8 Å². The monoisotopic (exact) mass is 319 g/mol. The van der Waals surface area contributed by atoms with E-state index in [9.17, 15) is 9.59 Å². The highest BCUT2D eigenvalue weighted by Crippen LogP contribution is 2.23. The zero-order chi connectivity index (χ0) is 15.9. The summed E-state index contributed by atoms with van der Waals surface area (Å²) in [4.78, 5) is 22.9. The van der Waals surface area contributed by atoms with Crippen LogP contribution in [0.25, 0.3) is 0 Å². The van der Waals surface area contributed by atoms with Crippen LogP contribution in [0.1, 0.15) is 5.56 Å². The molecular weight excluding hydrogens is 306 g/mol. The summed E-state index contributed by atoms with van der Waals surface area (Å²) in [5.74, 6) is -0.255. The van der Waals surface area contributed by atoms with Crippen LogP contribution in [0.15, 0.2) is 45.4 Å². The molecule has 1 aromatic carbocycles. The molecule has 0 aromatic heterocycles. The highest BCUT2D eigenvalue weighted by Gasteiger charge is 2.24. The van der Waals surface area contributed by atoms with Crippen molar-refractivity contribution in [3.63, 3.8) is 0 Å². The molecule has 0 bridgehead atoms. The highest BCUT2D eigenvalue weighted by atomic mass is 32.2. The number of ether oxygens (including phenoxy) is 2. The quantitative estimate of drug-likeness (QED) is 0.391. The fourth-order valence-corrected chi connectivity index (χ4v) is 2.22. The predicted octanol–water partition coefficient (Wildman–Crippen LogP) is 1.30. The number of amides is 1. The van der Waals surface area contributed by atoms with Crippen molar-refractivity contribution in [1.82, 2.24) is 5.32 Å². The fraction of sp³-hybridized carbons (Fsp3) is 0.143. The summed E-state index contributed by atoms with van der Waals surface area (Å²) in [6.45, 7) is 0. The number of hydrogen-bond donors (Lipinski definition) is 1.